The second-order valence-corrected chi connectivity index (χ2v) is 4.17. The summed E-state index contributed by atoms with van der Waals surface area (Å²) in [7, 11) is 4.19. The second-order valence-electron chi connectivity index (χ2n) is 3.15. The van der Waals surface area contributed by atoms with Crippen molar-refractivity contribution in [1.29, 1.82) is 0 Å². The Bertz CT molecular complexity index is 192. The molecule has 0 aromatic heterocycles. The van der Waals surface area contributed by atoms with Gasteiger partial charge in [0.25, 0.3) is 0 Å². The molecule has 1 aliphatic rings. The Kier molecular flexibility index (Phi) is 3.34. The lowest BCUT2D eigenvalue weighted by Crippen LogP contribution is -2.15. The Labute approximate surface area is 76.9 Å². The van der Waals surface area contributed by atoms with Gasteiger partial charge in [0.05, 0.1) is 0 Å². The fraction of sp³-hybridized carbons (Fsp3) is 0.556. The minimum absolute atomic E-state index is 1.05. The normalized spacial score (nSPS) is 18.2. The lowest BCUT2D eigenvalue weighted by atomic mass is 10.1. The minimum Gasteiger partial charge on any atom is -0.305 e. The van der Waals surface area contributed by atoms with Crippen LogP contribution in [0, 0.1) is 0 Å². The van der Waals surface area contributed by atoms with Gasteiger partial charge in [-0.15, -0.1) is 0 Å². The highest BCUT2D eigenvalue weighted by atomic mass is 79.9. The molecule has 1 rings (SSSR count). The van der Waals surface area contributed by atoms with Gasteiger partial charge in [0, 0.05) is 6.54 Å². The van der Waals surface area contributed by atoms with Crippen LogP contribution in [0.25, 0.3) is 0 Å². The molecule has 0 spiro atoms. The van der Waals surface area contributed by atoms with Gasteiger partial charge in [0.15, 0.2) is 0 Å². The van der Waals surface area contributed by atoms with E-state index >= 15 is 0 Å². The average molecular weight is 216 g/mol. The largest absolute Gasteiger partial charge is 0.305 e. The van der Waals surface area contributed by atoms with Crippen LogP contribution in [0.3, 0.4) is 0 Å². The maximum Gasteiger partial charge on any atom is 0.0224 e. The Morgan fingerprint density at radius 1 is 1.55 bits per heavy atom. The second kappa shape index (κ2) is 4.07. The molecule has 2 heteroatoms. The predicted octanol–water partition coefficient (Wildman–Crippen LogP) is 2.55. The molecule has 0 amide bonds. The van der Waals surface area contributed by atoms with E-state index in [9.17, 15) is 0 Å². The summed E-state index contributed by atoms with van der Waals surface area (Å²) in [4.78, 5) is 2.19. The number of allylic oxidation sites excluding steroid dienone is 2. The number of hydrogen-bond donors (Lipinski definition) is 0. The van der Waals surface area contributed by atoms with Crippen LogP contribution in [-0.2, 0) is 0 Å². The van der Waals surface area contributed by atoms with Crippen molar-refractivity contribution in [3.63, 3.8) is 0 Å². The molecular formula is C9H14BrN. The molecule has 0 unspecified atom stereocenters. The van der Waals surface area contributed by atoms with E-state index < -0.39 is 0 Å². The fourth-order valence-electron chi connectivity index (χ4n) is 1.20. The lowest BCUT2D eigenvalue weighted by Gasteiger charge is -2.14. The molecule has 0 aromatic rings. The van der Waals surface area contributed by atoms with Crippen LogP contribution in [0.1, 0.15) is 12.8 Å². The van der Waals surface area contributed by atoms with E-state index in [4.69, 9.17) is 0 Å². The number of hydrogen-bond acceptors (Lipinski definition) is 1. The highest BCUT2D eigenvalue weighted by Gasteiger charge is 2.02. The zero-order valence-electron chi connectivity index (χ0n) is 7.10. The van der Waals surface area contributed by atoms with E-state index in [1.54, 1.807) is 0 Å². The topological polar surface area (TPSA) is 3.24 Å². The first-order chi connectivity index (χ1) is 5.18. The third-order valence-corrected chi connectivity index (χ3v) is 2.26. The summed E-state index contributed by atoms with van der Waals surface area (Å²) >= 11 is 3.52. The van der Waals surface area contributed by atoms with Gasteiger partial charge in [-0.1, -0.05) is 22.0 Å². The van der Waals surface area contributed by atoms with Crippen LogP contribution in [0.5, 0.6) is 0 Å². The standard InChI is InChI=1S/C9H14BrN/c1-11(2)7-8-4-3-5-9(10)6-8/h4,6H,3,5,7H2,1-2H3. The molecule has 0 radical (unpaired) electrons. The van der Waals surface area contributed by atoms with Gasteiger partial charge in [-0.05, 0) is 43.1 Å². The maximum absolute atomic E-state index is 3.52. The average Bonchev–Trinajstić information content (AvgIpc) is 1.85. The van der Waals surface area contributed by atoms with Gasteiger partial charge in [0.2, 0.25) is 0 Å². The monoisotopic (exact) mass is 215 g/mol. The number of likely N-dealkylation sites (N-methyl/N-ethyl adjacent to an activating group) is 1. The van der Waals surface area contributed by atoms with Crippen molar-refractivity contribution in [3.05, 3.63) is 22.2 Å². The lowest BCUT2D eigenvalue weighted by molar-refractivity contribution is 0.447. The van der Waals surface area contributed by atoms with Gasteiger partial charge in [-0.3, -0.25) is 0 Å². The van der Waals surface area contributed by atoms with Crippen molar-refractivity contribution in [1.82, 2.24) is 4.90 Å². The van der Waals surface area contributed by atoms with Crippen LogP contribution >= 0.6 is 15.9 Å². The van der Waals surface area contributed by atoms with E-state index in [2.05, 4.69) is 47.1 Å². The van der Waals surface area contributed by atoms with E-state index in [0.717, 1.165) is 13.0 Å². The minimum atomic E-state index is 1.05. The highest BCUT2D eigenvalue weighted by Crippen LogP contribution is 2.21. The molecule has 62 valence electrons. The first-order valence-corrected chi connectivity index (χ1v) is 4.67. The molecule has 0 fully saturated rings. The van der Waals surface area contributed by atoms with Gasteiger partial charge in [0.1, 0.15) is 0 Å². The maximum atomic E-state index is 3.52. The number of nitrogens with zero attached hydrogens (tertiary/aromatic N) is 1. The molecule has 1 aliphatic carbocycles. The zero-order chi connectivity index (χ0) is 8.27. The Morgan fingerprint density at radius 3 is 2.82 bits per heavy atom. The summed E-state index contributed by atoms with van der Waals surface area (Å²) in [6, 6.07) is 0. The fourth-order valence-corrected chi connectivity index (χ4v) is 1.73. The third kappa shape index (κ3) is 3.21. The smallest absolute Gasteiger partial charge is 0.0224 e. The predicted molar refractivity (Wildman–Crippen MR) is 52.9 cm³/mol. The molecule has 0 atom stereocenters. The van der Waals surface area contributed by atoms with Crippen molar-refractivity contribution in [2.24, 2.45) is 0 Å². The summed E-state index contributed by atoms with van der Waals surface area (Å²) in [5.41, 5.74) is 1.42. The first kappa shape index (κ1) is 9.01. The molecule has 0 bridgehead atoms. The van der Waals surface area contributed by atoms with Crippen LogP contribution < -0.4 is 0 Å². The molecule has 0 saturated heterocycles. The highest BCUT2D eigenvalue weighted by molar-refractivity contribution is 9.11. The molecule has 11 heavy (non-hydrogen) atoms. The summed E-state index contributed by atoms with van der Waals surface area (Å²) in [5, 5.41) is 0. The first-order valence-electron chi connectivity index (χ1n) is 3.88. The van der Waals surface area contributed by atoms with E-state index in [-0.39, 0.29) is 0 Å². The Hall–Kier alpha value is -0.0800. The summed E-state index contributed by atoms with van der Waals surface area (Å²) in [6.07, 6.45) is 6.88. The van der Waals surface area contributed by atoms with Crippen LogP contribution in [0.4, 0.5) is 0 Å². The van der Waals surface area contributed by atoms with Crippen molar-refractivity contribution < 1.29 is 0 Å². The van der Waals surface area contributed by atoms with Crippen molar-refractivity contribution in [2.75, 3.05) is 20.6 Å². The van der Waals surface area contributed by atoms with Crippen LogP contribution in [0.2, 0.25) is 0 Å². The molecule has 0 aromatic carbocycles. The van der Waals surface area contributed by atoms with Gasteiger partial charge in [-0.2, -0.15) is 0 Å². The van der Waals surface area contributed by atoms with Crippen molar-refractivity contribution in [2.45, 2.75) is 12.8 Å². The molecule has 0 saturated carbocycles. The number of rotatable bonds is 2. The zero-order valence-corrected chi connectivity index (χ0v) is 8.69. The Balaban J connectivity index is 2.52. The van der Waals surface area contributed by atoms with Gasteiger partial charge in [-0.25, -0.2) is 0 Å². The molecule has 0 N–H and O–H groups in total. The third-order valence-electron chi connectivity index (χ3n) is 1.63. The Morgan fingerprint density at radius 2 is 2.27 bits per heavy atom. The number of halogens is 1. The molecular weight excluding hydrogens is 202 g/mol. The van der Waals surface area contributed by atoms with Crippen molar-refractivity contribution >= 4 is 15.9 Å². The molecule has 0 aliphatic heterocycles. The SMILES string of the molecule is CN(C)CC1=CCCC(Br)=C1. The summed E-state index contributed by atoms with van der Waals surface area (Å²) in [5.74, 6) is 0. The van der Waals surface area contributed by atoms with E-state index in [0.29, 0.717) is 0 Å². The van der Waals surface area contributed by atoms with Crippen LogP contribution in [0.15, 0.2) is 22.2 Å². The summed E-state index contributed by atoms with van der Waals surface area (Å²) in [6.45, 7) is 1.05. The van der Waals surface area contributed by atoms with Crippen LogP contribution in [-0.4, -0.2) is 25.5 Å². The molecule has 1 nitrogen and oxygen atoms in total. The van der Waals surface area contributed by atoms with E-state index in [1.807, 2.05) is 0 Å². The van der Waals surface area contributed by atoms with E-state index in [1.165, 1.54) is 16.5 Å². The van der Waals surface area contributed by atoms with Gasteiger partial charge >= 0.3 is 0 Å². The summed E-state index contributed by atoms with van der Waals surface area (Å²) < 4.78 is 1.33. The quantitative estimate of drug-likeness (QED) is 0.685. The molecule has 0 heterocycles. The van der Waals surface area contributed by atoms with Crippen molar-refractivity contribution in [3.8, 4) is 0 Å². The van der Waals surface area contributed by atoms with Gasteiger partial charge < -0.3 is 4.90 Å².